The first kappa shape index (κ1) is 10.7. The summed E-state index contributed by atoms with van der Waals surface area (Å²) in [4.78, 5) is 10.6. The fraction of sp³-hybridized carbons (Fsp3) is 0.818. The lowest BCUT2D eigenvalue weighted by Crippen LogP contribution is -2.31. The number of rotatable bonds is 4. The van der Waals surface area contributed by atoms with Crippen molar-refractivity contribution in [1.29, 1.82) is 0 Å². The smallest absolute Gasteiger partial charge is 0.120 e. The van der Waals surface area contributed by atoms with Crippen LogP contribution in [0, 0.1) is 11.3 Å². The Labute approximate surface area is 80.7 Å². The van der Waals surface area contributed by atoms with Crippen molar-refractivity contribution >= 4 is 6.29 Å². The number of aldehydes is 1. The molecule has 1 heterocycles. The van der Waals surface area contributed by atoms with E-state index >= 15 is 0 Å². The fourth-order valence-corrected chi connectivity index (χ4v) is 2.18. The first-order valence-electron chi connectivity index (χ1n) is 4.99. The van der Waals surface area contributed by atoms with Gasteiger partial charge in [-0.1, -0.05) is 13.8 Å². The van der Waals surface area contributed by atoms with Gasteiger partial charge in [0.15, 0.2) is 0 Å². The lowest BCUT2D eigenvalue weighted by Gasteiger charge is -2.37. The van der Waals surface area contributed by atoms with Gasteiger partial charge in [-0.25, -0.2) is 0 Å². The van der Waals surface area contributed by atoms with Crippen molar-refractivity contribution in [3.63, 3.8) is 0 Å². The maximum Gasteiger partial charge on any atom is 0.120 e. The van der Waals surface area contributed by atoms with E-state index in [4.69, 9.17) is 4.74 Å². The van der Waals surface area contributed by atoms with Gasteiger partial charge in [-0.15, -0.1) is 0 Å². The van der Waals surface area contributed by atoms with E-state index in [-0.39, 0.29) is 5.41 Å². The van der Waals surface area contributed by atoms with Gasteiger partial charge in [0.2, 0.25) is 0 Å². The van der Waals surface area contributed by atoms with Gasteiger partial charge in [-0.3, -0.25) is 0 Å². The van der Waals surface area contributed by atoms with Crippen LogP contribution in [-0.2, 0) is 9.53 Å². The van der Waals surface area contributed by atoms with Gasteiger partial charge in [-0.05, 0) is 30.6 Å². The fourth-order valence-electron chi connectivity index (χ4n) is 2.18. The van der Waals surface area contributed by atoms with Crippen molar-refractivity contribution in [2.45, 2.75) is 39.5 Å². The van der Waals surface area contributed by atoms with Gasteiger partial charge in [0, 0.05) is 19.6 Å². The average Bonchev–Trinajstić information content (AvgIpc) is 2.04. The molecule has 0 unspecified atom stereocenters. The summed E-state index contributed by atoms with van der Waals surface area (Å²) in [5.41, 5.74) is 0.221. The normalized spacial score (nSPS) is 21.8. The molecule has 0 bridgehead atoms. The van der Waals surface area contributed by atoms with Crippen molar-refractivity contribution in [1.82, 2.24) is 0 Å². The number of hydrogen-bond donors (Lipinski definition) is 0. The summed E-state index contributed by atoms with van der Waals surface area (Å²) >= 11 is 0. The van der Waals surface area contributed by atoms with Crippen LogP contribution in [0.1, 0.15) is 39.5 Å². The molecule has 0 N–H and O–H groups in total. The number of carbonyl (C=O) groups is 1. The lowest BCUT2D eigenvalue weighted by atomic mass is 9.72. The van der Waals surface area contributed by atoms with Crippen molar-refractivity contribution in [2.24, 2.45) is 5.41 Å². The molecule has 0 saturated carbocycles. The Balaban J connectivity index is 2.55. The first-order valence-corrected chi connectivity index (χ1v) is 4.99. The van der Waals surface area contributed by atoms with E-state index in [9.17, 15) is 4.79 Å². The van der Waals surface area contributed by atoms with Crippen LogP contribution in [0.2, 0.25) is 0 Å². The Morgan fingerprint density at radius 3 is 2.46 bits per heavy atom. The molecule has 0 atom stereocenters. The quantitative estimate of drug-likeness (QED) is 0.625. The Morgan fingerprint density at radius 2 is 2.00 bits per heavy atom. The molecule has 0 aromatic heterocycles. The zero-order valence-electron chi connectivity index (χ0n) is 8.64. The highest BCUT2D eigenvalue weighted by atomic mass is 16.5. The molecule has 1 aliphatic rings. The third-order valence-corrected chi connectivity index (χ3v) is 2.80. The van der Waals surface area contributed by atoms with Crippen LogP contribution in [0.25, 0.3) is 0 Å². The maximum atomic E-state index is 10.6. The molecule has 1 radical (unpaired) electrons. The number of hydrogen-bond acceptors (Lipinski definition) is 2. The van der Waals surface area contributed by atoms with Gasteiger partial charge in [0.25, 0.3) is 0 Å². The minimum absolute atomic E-state index is 0.221. The molecule has 2 heteroatoms. The van der Waals surface area contributed by atoms with E-state index < -0.39 is 0 Å². The summed E-state index contributed by atoms with van der Waals surface area (Å²) < 4.78 is 5.33. The van der Waals surface area contributed by atoms with E-state index in [1.807, 2.05) is 0 Å². The molecule has 75 valence electrons. The summed E-state index contributed by atoms with van der Waals surface area (Å²) in [6.45, 7) is 5.92. The zero-order chi connectivity index (χ0) is 9.73. The molecule has 0 spiro atoms. The SMILES string of the molecule is C[C](C)CC1(CC=O)CCOCC1. The first-order chi connectivity index (χ1) is 6.18. The predicted octanol–water partition coefficient (Wildman–Crippen LogP) is 2.38. The molecule has 0 aromatic rings. The molecule has 13 heavy (non-hydrogen) atoms. The van der Waals surface area contributed by atoms with Crippen LogP contribution >= 0.6 is 0 Å². The lowest BCUT2D eigenvalue weighted by molar-refractivity contribution is -0.111. The second-order valence-electron chi connectivity index (χ2n) is 4.37. The summed E-state index contributed by atoms with van der Waals surface area (Å²) in [5, 5.41) is 0. The molecule has 1 aliphatic heterocycles. The molecule has 1 fully saturated rings. The predicted molar refractivity (Wildman–Crippen MR) is 52.4 cm³/mol. The summed E-state index contributed by atoms with van der Waals surface area (Å²) in [6.07, 6.45) is 4.92. The Bertz CT molecular complexity index is 157. The van der Waals surface area contributed by atoms with Crippen LogP contribution < -0.4 is 0 Å². The van der Waals surface area contributed by atoms with Crippen molar-refractivity contribution in [2.75, 3.05) is 13.2 Å². The second kappa shape index (κ2) is 4.75. The molecule has 2 nitrogen and oxygen atoms in total. The Hall–Kier alpha value is -0.370. The second-order valence-corrected chi connectivity index (χ2v) is 4.37. The monoisotopic (exact) mass is 183 g/mol. The zero-order valence-corrected chi connectivity index (χ0v) is 8.64. The van der Waals surface area contributed by atoms with E-state index in [0.717, 1.165) is 38.8 Å². The molecular weight excluding hydrogens is 164 g/mol. The van der Waals surface area contributed by atoms with Gasteiger partial charge < -0.3 is 9.53 Å². The van der Waals surface area contributed by atoms with Gasteiger partial charge in [0.1, 0.15) is 6.29 Å². The standard InChI is InChI=1S/C11H19O2/c1-10(2)9-11(3-6-12)4-7-13-8-5-11/h6H,3-5,7-9H2,1-2H3. The van der Waals surface area contributed by atoms with Crippen molar-refractivity contribution in [3.8, 4) is 0 Å². The molecule has 0 amide bonds. The minimum atomic E-state index is 0.221. The third-order valence-electron chi connectivity index (χ3n) is 2.80. The number of ether oxygens (including phenoxy) is 1. The third kappa shape index (κ3) is 3.11. The van der Waals surface area contributed by atoms with E-state index in [0.29, 0.717) is 6.42 Å². The van der Waals surface area contributed by atoms with Gasteiger partial charge in [-0.2, -0.15) is 0 Å². The Morgan fingerprint density at radius 1 is 1.38 bits per heavy atom. The highest BCUT2D eigenvalue weighted by molar-refractivity contribution is 5.51. The summed E-state index contributed by atoms with van der Waals surface area (Å²) in [6, 6.07) is 0. The van der Waals surface area contributed by atoms with E-state index in [2.05, 4.69) is 13.8 Å². The minimum Gasteiger partial charge on any atom is -0.381 e. The van der Waals surface area contributed by atoms with Crippen LogP contribution in [0.4, 0.5) is 0 Å². The van der Waals surface area contributed by atoms with Crippen molar-refractivity contribution in [3.05, 3.63) is 5.92 Å². The Kier molecular flexibility index (Phi) is 3.91. The topological polar surface area (TPSA) is 26.3 Å². The highest BCUT2D eigenvalue weighted by Crippen LogP contribution is 2.39. The molecule has 0 aromatic carbocycles. The number of carbonyl (C=O) groups excluding carboxylic acids is 1. The molecule has 0 aliphatic carbocycles. The summed E-state index contributed by atoms with van der Waals surface area (Å²) in [5.74, 6) is 1.42. The average molecular weight is 183 g/mol. The van der Waals surface area contributed by atoms with E-state index in [1.165, 1.54) is 5.92 Å². The van der Waals surface area contributed by atoms with Crippen LogP contribution in [0.15, 0.2) is 0 Å². The van der Waals surface area contributed by atoms with Crippen LogP contribution in [0.5, 0.6) is 0 Å². The van der Waals surface area contributed by atoms with Crippen molar-refractivity contribution < 1.29 is 9.53 Å². The van der Waals surface area contributed by atoms with Crippen LogP contribution in [-0.4, -0.2) is 19.5 Å². The summed E-state index contributed by atoms with van der Waals surface area (Å²) in [7, 11) is 0. The largest absolute Gasteiger partial charge is 0.381 e. The highest BCUT2D eigenvalue weighted by Gasteiger charge is 2.32. The van der Waals surface area contributed by atoms with E-state index in [1.54, 1.807) is 0 Å². The van der Waals surface area contributed by atoms with Crippen LogP contribution in [0.3, 0.4) is 0 Å². The molecule has 1 rings (SSSR count). The van der Waals surface area contributed by atoms with Gasteiger partial charge in [0.05, 0.1) is 0 Å². The maximum absolute atomic E-state index is 10.6. The van der Waals surface area contributed by atoms with Gasteiger partial charge >= 0.3 is 0 Å². The molecular formula is C11H19O2. The molecule has 1 saturated heterocycles.